The maximum Gasteiger partial charge on any atom is 0.416 e. The molecule has 1 N–H and O–H groups in total. The SMILES string of the molecule is Cn1ccnc1C=Cc1ccc2c(c1)N(S(=O)(=O)c1cccc(C(F)(F)F)c1)CC(CCC(=O)O)O2. The highest BCUT2D eigenvalue weighted by Gasteiger charge is 2.37. The van der Waals surface area contributed by atoms with Crippen LogP contribution in [0.4, 0.5) is 18.9 Å². The highest BCUT2D eigenvalue weighted by atomic mass is 32.2. The quantitative estimate of drug-likeness (QED) is 0.494. The highest BCUT2D eigenvalue weighted by Crippen LogP contribution is 2.39. The zero-order valence-corrected chi connectivity index (χ0v) is 19.8. The molecule has 0 saturated heterocycles. The van der Waals surface area contributed by atoms with Crippen molar-refractivity contribution < 1.29 is 36.2 Å². The first-order chi connectivity index (χ1) is 16.9. The minimum Gasteiger partial charge on any atom is -0.486 e. The van der Waals surface area contributed by atoms with Gasteiger partial charge in [-0.2, -0.15) is 13.2 Å². The summed E-state index contributed by atoms with van der Waals surface area (Å²) in [7, 11) is -2.63. The topological polar surface area (TPSA) is 102 Å². The number of fused-ring (bicyclic) bond motifs is 1. The number of carboxylic acids is 1. The first-order valence-electron chi connectivity index (χ1n) is 10.8. The molecule has 1 atom stereocenters. The molecule has 4 rings (SSSR count). The number of benzene rings is 2. The Kier molecular flexibility index (Phi) is 6.81. The molecular weight excluding hydrogens is 499 g/mol. The predicted molar refractivity (Wildman–Crippen MR) is 126 cm³/mol. The number of nitrogens with zero attached hydrogens (tertiary/aromatic N) is 3. The molecule has 2 heterocycles. The number of imidazole rings is 1. The van der Waals surface area contributed by atoms with E-state index in [0.717, 1.165) is 22.5 Å². The number of rotatable bonds is 7. The number of carboxylic acid groups (broad SMARTS) is 1. The summed E-state index contributed by atoms with van der Waals surface area (Å²) in [5.74, 6) is -0.237. The fourth-order valence-electron chi connectivity index (χ4n) is 3.76. The van der Waals surface area contributed by atoms with Gasteiger partial charge in [-0.15, -0.1) is 0 Å². The van der Waals surface area contributed by atoms with E-state index in [9.17, 15) is 26.4 Å². The average Bonchev–Trinajstić information content (AvgIpc) is 3.24. The molecule has 1 aliphatic rings. The Morgan fingerprint density at radius 2 is 2.00 bits per heavy atom. The Bertz CT molecular complexity index is 1420. The van der Waals surface area contributed by atoms with E-state index < -0.39 is 38.7 Å². The zero-order chi connectivity index (χ0) is 26.1. The van der Waals surface area contributed by atoms with Crippen molar-refractivity contribution in [3.8, 4) is 5.75 Å². The van der Waals surface area contributed by atoms with E-state index in [2.05, 4.69) is 4.98 Å². The van der Waals surface area contributed by atoms with Crippen molar-refractivity contribution in [1.82, 2.24) is 9.55 Å². The largest absolute Gasteiger partial charge is 0.486 e. The van der Waals surface area contributed by atoms with Gasteiger partial charge >= 0.3 is 12.1 Å². The molecule has 0 saturated carbocycles. The Balaban J connectivity index is 1.75. The summed E-state index contributed by atoms with van der Waals surface area (Å²) >= 11 is 0. The molecule has 0 radical (unpaired) electrons. The smallest absolute Gasteiger partial charge is 0.416 e. The lowest BCUT2D eigenvalue weighted by Gasteiger charge is -2.35. The van der Waals surface area contributed by atoms with E-state index in [1.165, 1.54) is 0 Å². The van der Waals surface area contributed by atoms with Gasteiger partial charge in [0.2, 0.25) is 0 Å². The second-order valence-electron chi connectivity index (χ2n) is 8.19. The van der Waals surface area contributed by atoms with E-state index in [-0.39, 0.29) is 30.8 Å². The van der Waals surface area contributed by atoms with E-state index >= 15 is 0 Å². The van der Waals surface area contributed by atoms with Gasteiger partial charge in [0.25, 0.3) is 10.0 Å². The number of carbonyl (C=O) groups is 1. The van der Waals surface area contributed by atoms with Crippen LogP contribution in [0.3, 0.4) is 0 Å². The molecule has 0 amide bonds. The van der Waals surface area contributed by atoms with Crippen LogP contribution in [-0.2, 0) is 28.0 Å². The second kappa shape index (κ2) is 9.69. The standard InChI is InChI=1S/C24H22F3N3O5S/c1-29-12-11-28-22(29)9-6-16-5-8-21-20(13-16)30(15-18(35-21)7-10-23(31)32)36(33,34)19-4-2-3-17(14-19)24(25,26)27/h2-6,8-9,11-14,18H,7,10,15H2,1H3,(H,31,32). The Hall–Kier alpha value is -3.80. The normalized spacial score (nSPS) is 16.1. The van der Waals surface area contributed by atoms with Crippen molar-refractivity contribution in [2.45, 2.75) is 30.0 Å². The fourth-order valence-corrected chi connectivity index (χ4v) is 5.31. The van der Waals surface area contributed by atoms with Gasteiger partial charge in [-0.25, -0.2) is 13.4 Å². The van der Waals surface area contributed by atoms with Crippen molar-refractivity contribution >= 4 is 33.8 Å². The van der Waals surface area contributed by atoms with Crippen LogP contribution in [0, 0.1) is 0 Å². The van der Waals surface area contributed by atoms with Gasteiger partial charge in [-0.3, -0.25) is 9.10 Å². The number of anilines is 1. The zero-order valence-electron chi connectivity index (χ0n) is 19.0. The third-order valence-corrected chi connectivity index (χ3v) is 7.40. The number of ether oxygens (including phenoxy) is 1. The number of aryl methyl sites for hydroxylation is 1. The fraction of sp³-hybridized carbons (Fsp3) is 0.250. The maximum atomic E-state index is 13.6. The number of halogens is 3. The van der Waals surface area contributed by atoms with Gasteiger partial charge in [-0.05, 0) is 48.4 Å². The van der Waals surface area contributed by atoms with Crippen LogP contribution in [0.15, 0.2) is 59.8 Å². The molecule has 2 aromatic carbocycles. The number of aromatic nitrogens is 2. The molecule has 8 nitrogen and oxygen atoms in total. The molecule has 0 spiro atoms. The van der Waals surface area contributed by atoms with Crippen LogP contribution >= 0.6 is 0 Å². The van der Waals surface area contributed by atoms with Crippen molar-refractivity contribution in [2.75, 3.05) is 10.8 Å². The van der Waals surface area contributed by atoms with Crippen molar-refractivity contribution in [3.63, 3.8) is 0 Å². The lowest BCUT2D eigenvalue weighted by molar-refractivity contribution is -0.138. The third kappa shape index (κ3) is 5.38. The van der Waals surface area contributed by atoms with Gasteiger partial charge < -0.3 is 14.4 Å². The van der Waals surface area contributed by atoms with E-state index in [1.54, 1.807) is 47.3 Å². The summed E-state index contributed by atoms with van der Waals surface area (Å²) in [6.45, 7) is -0.259. The Morgan fingerprint density at radius 3 is 2.67 bits per heavy atom. The first-order valence-corrected chi connectivity index (χ1v) is 12.3. The van der Waals surface area contributed by atoms with E-state index in [0.29, 0.717) is 17.5 Å². The summed E-state index contributed by atoms with van der Waals surface area (Å²) in [4.78, 5) is 14.7. The molecule has 190 valence electrons. The first kappa shape index (κ1) is 25.3. The second-order valence-corrected chi connectivity index (χ2v) is 10.1. The third-order valence-electron chi connectivity index (χ3n) is 5.63. The van der Waals surface area contributed by atoms with E-state index in [1.807, 2.05) is 7.05 Å². The number of sulfonamides is 1. The summed E-state index contributed by atoms with van der Waals surface area (Å²) < 4.78 is 75.5. The summed E-state index contributed by atoms with van der Waals surface area (Å²) in [6, 6.07) is 8.29. The molecule has 36 heavy (non-hydrogen) atoms. The molecule has 0 fully saturated rings. The summed E-state index contributed by atoms with van der Waals surface area (Å²) in [6.07, 6.45) is 1.07. The minimum atomic E-state index is -4.72. The van der Waals surface area contributed by atoms with Gasteiger partial charge in [-0.1, -0.05) is 18.2 Å². The van der Waals surface area contributed by atoms with Crippen LogP contribution in [0.1, 0.15) is 29.8 Å². The van der Waals surface area contributed by atoms with Crippen molar-refractivity contribution in [3.05, 3.63) is 71.8 Å². The highest BCUT2D eigenvalue weighted by molar-refractivity contribution is 7.92. The minimum absolute atomic E-state index is 0.0181. The Labute approximate surface area is 205 Å². The van der Waals surface area contributed by atoms with Gasteiger partial charge in [0.15, 0.2) is 0 Å². The van der Waals surface area contributed by atoms with Crippen LogP contribution in [0.2, 0.25) is 0 Å². The van der Waals surface area contributed by atoms with Crippen LogP contribution in [0.5, 0.6) is 5.75 Å². The predicted octanol–water partition coefficient (Wildman–Crippen LogP) is 4.43. The number of hydrogen-bond donors (Lipinski definition) is 1. The average molecular weight is 522 g/mol. The molecule has 0 bridgehead atoms. The lowest BCUT2D eigenvalue weighted by Crippen LogP contribution is -2.43. The van der Waals surface area contributed by atoms with Gasteiger partial charge in [0.1, 0.15) is 17.7 Å². The van der Waals surface area contributed by atoms with Crippen LogP contribution in [-0.4, -0.2) is 41.7 Å². The number of aliphatic carboxylic acids is 1. The molecule has 0 aliphatic carbocycles. The maximum absolute atomic E-state index is 13.6. The summed E-state index contributed by atoms with van der Waals surface area (Å²) in [5, 5.41) is 9.03. The lowest BCUT2D eigenvalue weighted by atomic mass is 10.1. The molecule has 1 aromatic heterocycles. The Morgan fingerprint density at radius 1 is 1.22 bits per heavy atom. The molecular formula is C24H22F3N3O5S. The van der Waals surface area contributed by atoms with Crippen LogP contribution < -0.4 is 9.04 Å². The summed E-state index contributed by atoms with van der Waals surface area (Å²) in [5.41, 5.74) is -0.346. The van der Waals surface area contributed by atoms with Gasteiger partial charge in [0, 0.05) is 25.9 Å². The molecule has 3 aromatic rings. The number of alkyl halides is 3. The van der Waals surface area contributed by atoms with Crippen molar-refractivity contribution in [2.24, 2.45) is 7.05 Å². The molecule has 1 unspecified atom stereocenters. The van der Waals surface area contributed by atoms with Gasteiger partial charge in [0.05, 0.1) is 22.7 Å². The van der Waals surface area contributed by atoms with Crippen molar-refractivity contribution in [1.29, 1.82) is 0 Å². The van der Waals surface area contributed by atoms with Crippen LogP contribution in [0.25, 0.3) is 12.2 Å². The molecule has 1 aliphatic heterocycles. The number of hydrogen-bond acceptors (Lipinski definition) is 5. The molecule has 12 heteroatoms. The van der Waals surface area contributed by atoms with E-state index in [4.69, 9.17) is 9.84 Å². The monoisotopic (exact) mass is 521 g/mol.